The van der Waals surface area contributed by atoms with E-state index in [1.165, 1.54) is 23.9 Å². The Labute approximate surface area is 159 Å². The van der Waals surface area contributed by atoms with Crippen molar-refractivity contribution >= 4 is 44.9 Å². The normalized spacial score (nSPS) is 12.1. The van der Waals surface area contributed by atoms with Crippen LogP contribution in [-0.4, -0.2) is 33.0 Å². The number of rotatable bonds is 6. The van der Waals surface area contributed by atoms with Gasteiger partial charge >= 0.3 is 0 Å². The van der Waals surface area contributed by atoms with E-state index >= 15 is 0 Å². The summed E-state index contributed by atoms with van der Waals surface area (Å²) in [7, 11) is 1.77. The molecule has 0 bridgehead atoms. The molecule has 0 aliphatic carbocycles. The second-order valence-electron chi connectivity index (χ2n) is 5.78. The molecule has 134 valence electrons. The number of hydrogen-bond acceptors (Lipinski definition) is 6. The maximum absolute atomic E-state index is 12.6. The quantitative estimate of drug-likeness (QED) is 0.357. The maximum atomic E-state index is 12.6. The van der Waals surface area contributed by atoms with Crippen molar-refractivity contribution in [2.24, 2.45) is 0 Å². The smallest absolute Gasteiger partial charge is 0.269 e. The number of benzene rings is 2. The Kier molecular flexibility index (Phi) is 5.53. The number of thioether (sulfide) groups is 1. The van der Waals surface area contributed by atoms with Crippen molar-refractivity contribution in [2.75, 3.05) is 7.05 Å². The van der Waals surface area contributed by atoms with Gasteiger partial charge in [-0.05, 0) is 31.2 Å². The number of aromatic nitrogens is 1. The van der Waals surface area contributed by atoms with Crippen molar-refractivity contribution in [3.8, 4) is 0 Å². The molecule has 0 aliphatic heterocycles. The fourth-order valence-electron chi connectivity index (χ4n) is 2.48. The molecule has 0 spiro atoms. The van der Waals surface area contributed by atoms with Crippen molar-refractivity contribution in [3.05, 3.63) is 63.7 Å². The molecule has 6 nitrogen and oxygen atoms in total. The van der Waals surface area contributed by atoms with E-state index in [1.54, 1.807) is 35.4 Å². The molecule has 1 amide bonds. The number of hydrogen-bond donors (Lipinski definition) is 0. The summed E-state index contributed by atoms with van der Waals surface area (Å²) in [5, 5.41) is 11.3. The molecule has 0 fully saturated rings. The largest absolute Gasteiger partial charge is 0.338 e. The van der Waals surface area contributed by atoms with Crippen LogP contribution in [-0.2, 0) is 11.3 Å². The van der Waals surface area contributed by atoms with Crippen LogP contribution in [0.25, 0.3) is 10.2 Å². The highest BCUT2D eigenvalue weighted by molar-refractivity contribution is 8.00. The Balaban J connectivity index is 1.62. The van der Waals surface area contributed by atoms with Crippen LogP contribution in [0, 0.1) is 10.1 Å². The third kappa shape index (κ3) is 4.20. The van der Waals surface area contributed by atoms with Gasteiger partial charge in [0.05, 0.1) is 26.9 Å². The van der Waals surface area contributed by atoms with Gasteiger partial charge in [0.15, 0.2) is 0 Å². The number of nitrogens with zero attached hydrogens (tertiary/aromatic N) is 3. The van der Waals surface area contributed by atoms with Crippen molar-refractivity contribution in [2.45, 2.75) is 23.6 Å². The van der Waals surface area contributed by atoms with Gasteiger partial charge in [0, 0.05) is 24.1 Å². The van der Waals surface area contributed by atoms with Gasteiger partial charge in [-0.2, -0.15) is 0 Å². The first-order valence-corrected chi connectivity index (χ1v) is 9.64. The molecule has 26 heavy (non-hydrogen) atoms. The molecular formula is C18H17N3O3S2. The Morgan fingerprint density at radius 1 is 1.27 bits per heavy atom. The second kappa shape index (κ2) is 7.84. The Hall–Kier alpha value is -2.45. The average molecular weight is 387 g/mol. The number of fused-ring (bicyclic) bond motifs is 1. The zero-order chi connectivity index (χ0) is 18.7. The molecular weight excluding hydrogens is 370 g/mol. The zero-order valence-corrected chi connectivity index (χ0v) is 15.9. The standard InChI is InChI=1S/C18H17N3O3S2/c1-12(25-14-9-7-13(8-10-14)21(23)24)18(22)20(2)11-17-19-15-5-3-4-6-16(15)26-17/h3-10,12H,11H2,1-2H3/t12-/m0/s1. The number of para-hydroxylation sites is 1. The van der Waals surface area contributed by atoms with Crippen molar-refractivity contribution in [1.29, 1.82) is 0 Å². The highest BCUT2D eigenvalue weighted by atomic mass is 32.2. The van der Waals surface area contributed by atoms with Crippen LogP contribution in [0.4, 0.5) is 5.69 Å². The Morgan fingerprint density at radius 3 is 2.62 bits per heavy atom. The number of carbonyl (C=O) groups is 1. The van der Waals surface area contributed by atoms with E-state index in [0.29, 0.717) is 6.54 Å². The lowest BCUT2D eigenvalue weighted by molar-refractivity contribution is -0.384. The summed E-state index contributed by atoms with van der Waals surface area (Å²) in [6.07, 6.45) is 0. The first kappa shape index (κ1) is 18.3. The van der Waals surface area contributed by atoms with Gasteiger partial charge in [-0.25, -0.2) is 4.98 Å². The fourth-order valence-corrected chi connectivity index (χ4v) is 4.48. The predicted molar refractivity (Wildman–Crippen MR) is 105 cm³/mol. The number of carbonyl (C=O) groups excluding carboxylic acids is 1. The first-order valence-electron chi connectivity index (χ1n) is 7.94. The summed E-state index contributed by atoms with van der Waals surface area (Å²) in [6, 6.07) is 14.1. The van der Waals surface area contributed by atoms with E-state index in [0.717, 1.165) is 20.1 Å². The summed E-state index contributed by atoms with van der Waals surface area (Å²) in [6.45, 7) is 2.30. The van der Waals surface area contributed by atoms with Gasteiger partial charge in [-0.1, -0.05) is 12.1 Å². The molecule has 1 heterocycles. The minimum Gasteiger partial charge on any atom is -0.338 e. The summed E-state index contributed by atoms with van der Waals surface area (Å²) < 4.78 is 1.11. The molecule has 3 aromatic rings. The van der Waals surface area contributed by atoms with E-state index in [-0.39, 0.29) is 16.8 Å². The highest BCUT2D eigenvalue weighted by Crippen LogP contribution is 2.27. The van der Waals surface area contributed by atoms with Crippen LogP contribution < -0.4 is 0 Å². The van der Waals surface area contributed by atoms with Crippen molar-refractivity contribution < 1.29 is 9.72 Å². The predicted octanol–water partition coefficient (Wildman–Crippen LogP) is 4.34. The van der Waals surface area contributed by atoms with E-state index in [4.69, 9.17) is 0 Å². The number of amides is 1. The molecule has 0 unspecified atom stereocenters. The van der Waals surface area contributed by atoms with E-state index in [1.807, 2.05) is 31.2 Å². The van der Waals surface area contributed by atoms with Gasteiger partial charge in [0.25, 0.3) is 5.69 Å². The lowest BCUT2D eigenvalue weighted by atomic mass is 10.3. The lowest BCUT2D eigenvalue weighted by Crippen LogP contribution is -2.32. The summed E-state index contributed by atoms with van der Waals surface area (Å²) in [4.78, 5) is 29.9. The molecule has 1 aromatic heterocycles. The molecule has 1 atom stereocenters. The van der Waals surface area contributed by atoms with Crippen molar-refractivity contribution in [1.82, 2.24) is 9.88 Å². The van der Waals surface area contributed by atoms with Gasteiger partial charge in [0.2, 0.25) is 5.91 Å². The van der Waals surface area contributed by atoms with Gasteiger partial charge in [-0.3, -0.25) is 14.9 Å². The van der Waals surface area contributed by atoms with Crippen LogP contribution in [0.3, 0.4) is 0 Å². The van der Waals surface area contributed by atoms with Gasteiger partial charge in [-0.15, -0.1) is 23.1 Å². The van der Waals surface area contributed by atoms with E-state index in [2.05, 4.69) is 4.98 Å². The van der Waals surface area contributed by atoms with E-state index in [9.17, 15) is 14.9 Å². The van der Waals surface area contributed by atoms with Gasteiger partial charge in [0.1, 0.15) is 5.01 Å². The van der Waals surface area contributed by atoms with Crippen molar-refractivity contribution in [3.63, 3.8) is 0 Å². The molecule has 0 radical (unpaired) electrons. The van der Waals surface area contributed by atoms with Crippen LogP contribution in [0.5, 0.6) is 0 Å². The number of thiazole rings is 1. The highest BCUT2D eigenvalue weighted by Gasteiger charge is 2.20. The molecule has 8 heteroatoms. The Bertz CT molecular complexity index is 907. The molecule has 0 saturated carbocycles. The summed E-state index contributed by atoms with van der Waals surface area (Å²) in [5.41, 5.74) is 0.989. The number of non-ortho nitro benzene ring substituents is 1. The van der Waals surface area contributed by atoms with Crippen LogP contribution in [0.1, 0.15) is 11.9 Å². The SMILES string of the molecule is C[C@H](Sc1ccc([N+](=O)[O-])cc1)C(=O)N(C)Cc1nc2ccccc2s1. The molecule has 3 rings (SSSR count). The second-order valence-corrected chi connectivity index (χ2v) is 8.31. The number of nitro benzene ring substituents is 1. The Morgan fingerprint density at radius 2 is 1.96 bits per heavy atom. The van der Waals surface area contributed by atoms with Crippen LogP contribution in [0.2, 0.25) is 0 Å². The van der Waals surface area contributed by atoms with Crippen LogP contribution in [0.15, 0.2) is 53.4 Å². The molecule has 0 saturated heterocycles. The average Bonchev–Trinajstić information content (AvgIpc) is 3.03. The summed E-state index contributed by atoms with van der Waals surface area (Å²) >= 11 is 2.97. The van der Waals surface area contributed by atoms with Gasteiger partial charge < -0.3 is 4.90 Å². The topological polar surface area (TPSA) is 76.3 Å². The summed E-state index contributed by atoms with van der Waals surface area (Å²) in [5.74, 6) is -0.00684. The minimum absolute atomic E-state index is 0.00684. The zero-order valence-electron chi connectivity index (χ0n) is 14.3. The molecule has 0 N–H and O–H groups in total. The third-order valence-electron chi connectivity index (χ3n) is 3.79. The first-order chi connectivity index (χ1) is 12.4. The molecule has 2 aromatic carbocycles. The fraction of sp³-hybridized carbons (Fsp3) is 0.222. The third-order valence-corrected chi connectivity index (χ3v) is 5.92. The number of nitro groups is 1. The van der Waals surface area contributed by atoms with E-state index < -0.39 is 4.92 Å². The minimum atomic E-state index is -0.436. The van der Waals surface area contributed by atoms with Crippen LogP contribution >= 0.6 is 23.1 Å². The maximum Gasteiger partial charge on any atom is 0.269 e. The monoisotopic (exact) mass is 387 g/mol. The molecule has 0 aliphatic rings. The lowest BCUT2D eigenvalue weighted by Gasteiger charge is -2.20.